The number of nitrogens with one attached hydrogen (secondary N) is 1. The number of hydrogen-bond donors (Lipinski definition) is 1. The number of hydrogen-bond acceptors (Lipinski definition) is 4. The number of nitrogens with zero attached hydrogens (tertiary/aromatic N) is 2. The third-order valence-corrected chi connectivity index (χ3v) is 7.94. The maximum absolute atomic E-state index is 12.8. The topological polar surface area (TPSA) is 78.8 Å². The third-order valence-electron chi connectivity index (χ3n) is 5.78. The molecule has 1 heterocycles. The molecule has 1 fully saturated rings. The van der Waals surface area contributed by atoms with Crippen LogP contribution < -0.4 is 5.43 Å². The van der Waals surface area contributed by atoms with Crippen molar-refractivity contribution in [2.45, 2.75) is 24.7 Å². The molecular formula is C24H24ClN3O3S. The monoisotopic (exact) mass is 469 g/mol. The number of carbonyl (C=O) groups excluding carboxylic acids is 1. The largest absolute Gasteiger partial charge is 0.273 e. The highest BCUT2D eigenvalue weighted by molar-refractivity contribution is 7.89. The van der Waals surface area contributed by atoms with E-state index in [-0.39, 0.29) is 29.8 Å². The summed E-state index contributed by atoms with van der Waals surface area (Å²) in [5.74, 6) is -0.464. The van der Waals surface area contributed by atoms with Gasteiger partial charge in [0.15, 0.2) is 0 Å². The summed E-state index contributed by atoms with van der Waals surface area (Å²) in [6.45, 7) is 2.43. The van der Waals surface area contributed by atoms with Gasteiger partial charge in [0.05, 0.1) is 10.6 Å². The fourth-order valence-corrected chi connectivity index (χ4v) is 5.42. The van der Waals surface area contributed by atoms with E-state index in [1.807, 2.05) is 49.4 Å². The number of hydrazone groups is 1. The van der Waals surface area contributed by atoms with Crippen molar-refractivity contribution in [3.05, 3.63) is 77.3 Å². The molecule has 1 aliphatic rings. The van der Waals surface area contributed by atoms with Gasteiger partial charge in [0.2, 0.25) is 15.9 Å². The normalized spacial score (nSPS) is 16.2. The molecule has 0 unspecified atom stereocenters. The lowest BCUT2D eigenvalue weighted by atomic mass is 9.98. The van der Waals surface area contributed by atoms with Gasteiger partial charge in [0.1, 0.15) is 0 Å². The Kier molecular flexibility index (Phi) is 6.60. The Labute approximate surface area is 192 Å². The fourth-order valence-electron chi connectivity index (χ4n) is 3.82. The minimum absolute atomic E-state index is 0.186. The van der Waals surface area contributed by atoms with Crippen LogP contribution in [0.1, 0.15) is 25.3 Å². The van der Waals surface area contributed by atoms with Crippen molar-refractivity contribution < 1.29 is 13.2 Å². The van der Waals surface area contributed by atoms with E-state index < -0.39 is 10.0 Å². The molecule has 0 bridgehead atoms. The van der Waals surface area contributed by atoms with E-state index in [0.717, 1.165) is 16.3 Å². The second-order valence-electron chi connectivity index (χ2n) is 7.87. The quantitative estimate of drug-likeness (QED) is 0.443. The highest BCUT2D eigenvalue weighted by atomic mass is 35.5. The van der Waals surface area contributed by atoms with Crippen molar-refractivity contribution >= 4 is 44.0 Å². The molecule has 1 amide bonds. The zero-order valence-electron chi connectivity index (χ0n) is 17.7. The van der Waals surface area contributed by atoms with Gasteiger partial charge >= 0.3 is 0 Å². The highest BCUT2D eigenvalue weighted by Gasteiger charge is 2.32. The van der Waals surface area contributed by atoms with Crippen LogP contribution in [-0.4, -0.2) is 37.4 Å². The Hall–Kier alpha value is -2.74. The van der Waals surface area contributed by atoms with Crippen LogP contribution in [0, 0.1) is 5.92 Å². The average molecular weight is 470 g/mol. The van der Waals surface area contributed by atoms with E-state index in [2.05, 4.69) is 10.5 Å². The molecule has 0 radical (unpaired) electrons. The zero-order chi connectivity index (χ0) is 22.7. The first kappa shape index (κ1) is 22.5. The Morgan fingerprint density at radius 2 is 1.66 bits per heavy atom. The summed E-state index contributed by atoms with van der Waals surface area (Å²) in [5, 5.41) is 7.02. The molecule has 0 spiro atoms. The summed E-state index contributed by atoms with van der Waals surface area (Å²) in [6.07, 6.45) is 0.895. The van der Waals surface area contributed by atoms with Crippen LogP contribution in [0.5, 0.6) is 0 Å². The standard InChI is InChI=1S/C24H24ClN3O3S/c1-17(20-7-6-18-4-2-3-5-21(18)16-20)26-27-24(29)19-12-14-28(15-13-19)32(30,31)23-10-8-22(25)9-11-23/h2-11,16,19H,12-15H2,1H3,(H,27,29)/b26-17+. The molecule has 6 nitrogen and oxygen atoms in total. The molecule has 0 aliphatic carbocycles. The van der Waals surface area contributed by atoms with Crippen LogP contribution >= 0.6 is 11.6 Å². The second-order valence-corrected chi connectivity index (χ2v) is 10.2. The molecule has 166 valence electrons. The number of sulfonamides is 1. The molecular weight excluding hydrogens is 446 g/mol. The smallest absolute Gasteiger partial charge is 0.243 e. The van der Waals surface area contributed by atoms with Crippen LogP contribution in [0.3, 0.4) is 0 Å². The van der Waals surface area contributed by atoms with E-state index in [0.29, 0.717) is 23.6 Å². The van der Waals surface area contributed by atoms with Crippen molar-refractivity contribution in [3.8, 4) is 0 Å². The van der Waals surface area contributed by atoms with Gasteiger partial charge in [-0.3, -0.25) is 4.79 Å². The van der Waals surface area contributed by atoms with E-state index in [9.17, 15) is 13.2 Å². The lowest BCUT2D eigenvalue weighted by Gasteiger charge is -2.30. The number of benzene rings is 3. The minimum Gasteiger partial charge on any atom is -0.273 e. The number of carbonyl (C=O) groups is 1. The molecule has 3 aromatic rings. The van der Waals surface area contributed by atoms with Gasteiger partial charge in [-0.15, -0.1) is 0 Å². The van der Waals surface area contributed by atoms with Crippen LogP contribution in [-0.2, 0) is 14.8 Å². The van der Waals surface area contributed by atoms with Crippen molar-refractivity contribution in [2.75, 3.05) is 13.1 Å². The molecule has 3 aromatic carbocycles. The summed E-state index contributed by atoms with van der Waals surface area (Å²) < 4.78 is 27.0. The van der Waals surface area contributed by atoms with Crippen molar-refractivity contribution in [1.82, 2.24) is 9.73 Å². The second kappa shape index (κ2) is 9.40. The van der Waals surface area contributed by atoms with Gasteiger partial charge in [0, 0.05) is 24.0 Å². The zero-order valence-corrected chi connectivity index (χ0v) is 19.2. The van der Waals surface area contributed by atoms with Crippen LogP contribution in [0.4, 0.5) is 0 Å². The Balaban J connectivity index is 1.36. The highest BCUT2D eigenvalue weighted by Crippen LogP contribution is 2.25. The molecule has 0 saturated carbocycles. The van der Waals surface area contributed by atoms with Gasteiger partial charge < -0.3 is 0 Å². The van der Waals surface area contributed by atoms with E-state index in [4.69, 9.17) is 11.6 Å². The maximum Gasteiger partial charge on any atom is 0.243 e. The molecule has 1 N–H and O–H groups in total. The summed E-state index contributed by atoms with van der Waals surface area (Å²) >= 11 is 5.85. The summed E-state index contributed by atoms with van der Waals surface area (Å²) in [4.78, 5) is 12.8. The van der Waals surface area contributed by atoms with E-state index >= 15 is 0 Å². The molecule has 8 heteroatoms. The predicted octanol–water partition coefficient (Wildman–Crippen LogP) is 4.43. The summed E-state index contributed by atoms with van der Waals surface area (Å²) in [6, 6.07) is 20.2. The van der Waals surface area contributed by atoms with Gasteiger partial charge in [-0.25, -0.2) is 13.8 Å². The Morgan fingerprint density at radius 3 is 2.34 bits per heavy atom. The van der Waals surface area contributed by atoms with Crippen molar-refractivity contribution in [2.24, 2.45) is 11.0 Å². The molecule has 4 rings (SSSR count). The summed E-state index contributed by atoms with van der Waals surface area (Å²) in [7, 11) is -3.59. The Morgan fingerprint density at radius 1 is 1.00 bits per heavy atom. The lowest BCUT2D eigenvalue weighted by Crippen LogP contribution is -2.42. The first-order valence-corrected chi connectivity index (χ1v) is 12.3. The van der Waals surface area contributed by atoms with Gasteiger partial charge in [-0.05, 0) is 66.4 Å². The maximum atomic E-state index is 12.8. The number of fused-ring (bicyclic) bond motifs is 1. The van der Waals surface area contributed by atoms with Gasteiger partial charge in [-0.2, -0.15) is 9.41 Å². The lowest BCUT2D eigenvalue weighted by molar-refractivity contribution is -0.126. The van der Waals surface area contributed by atoms with Crippen LogP contribution in [0.15, 0.2) is 76.7 Å². The molecule has 0 aromatic heterocycles. The summed E-state index contributed by atoms with van der Waals surface area (Å²) in [5.41, 5.74) is 4.31. The molecule has 1 saturated heterocycles. The number of rotatable bonds is 5. The molecule has 32 heavy (non-hydrogen) atoms. The SMILES string of the molecule is C/C(=N\NC(=O)C1CCN(S(=O)(=O)c2ccc(Cl)cc2)CC1)c1ccc2ccccc2c1. The predicted molar refractivity (Wildman–Crippen MR) is 127 cm³/mol. The Bertz CT molecular complexity index is 1270. The van der Waals surface area contributed by atoms with Crippen LogP contribution in [0.25, 0.3) is 10.8 Å². The minimum atomic E-state index is -3.59. The van der Waals surface area contributed by atoms with E-state index in [1.54, 1.807) is 12.1 Å². The first-order chi connectivity index (χ1) is 15.3. The van der Waals surface area contributed by atoms with E-state index in [1.165, 1.54) is 16.4 Å². The molecule has 1 aliphatic heterocycles. The molecule has 0 atom stereocenters. The fraction of sp³-hybridized carbons (Fsp3) is 0.250. The van der Waals surface area contributed by atoms with Crippen molar-refractivity contribution in [3.63, 3.8) is 0 Å². The number of amides is 1. The average Bonchev–Trinajstić information content (AvgIpc) is 2.82. The third kappa shape index (κ3) is 4.85. The number of halogens is 1. The van der Waals surface area contributed by atoms with Gasteiger partial charge in [0.25, 0.3) is 0 Å². The first-order valence-electron chi connectivity index (χ1n) is 10.4. The van der Waals surface area contributed by atoms with Crippen molar-refractivity contribution in [1.29, 1.82) is 0 Å². The van der Waals surface area contributed by atoms with Crippen LogP contribution in [0.2, 0.25) is 5.02 Å². The number of piperidine rings is 1. The van der Waals surface area contributed by atoms with Gasteiger partial charge in [-0.1, -0.05) is 48.0 Å².